The quantitative estimate of drug-likeness (QED) is 0.842. The average molecular weight is 310 g/mol. The van der Waals surface area contributed by atoms with Gasteiger partial charge in [-0.05, 0) is 17.5 Å². The fourth-order valence-electron chi connectivity index (χ4n) is 4.15. The minimum Gasteiger partial charge on any atom is -0.481 e. The van der Waals surface area contributed by atoms with Crippen LogP contribution in [0.15, 0.2) is 60.7 Å². The summed E-state index contributed by atoms with van der Waals surface area (Å²) < 4.78 is 0. The van der Waals surface area contributed by atoms with E-state index in [1.54, 1.807) is 0 Å². The molecule has 1 atom stereocenters. The zero-order chi connectivity index (χ0) is 16.0. The highest BCUT2D eigenvalue weighted by Crippen LogP contribution is 2.77. The number of carboxylic acids is 1. The van der Waals surface area contributed by atoms with E-state index in [0.29, 0.717) is 6.42 Å². The Morgan fingerprint density at radius 2 is 1.32 bits per heavy atom. The summed E-state index contributed by atoms with van der Waals surface area (Å²) in [6, 6.07) is 20.3. The van der Waals surface area contributed by atoms with Crippen molar-refractivity contribution in [2.75, 3.05) is 0 Å². The third kappa shape index (κ3) is 1.81. The van der Waals surface area contributed by atoms with Crippen LogP contribution in [0.1, 0.15) is 17.5 Å². The van der Waals surface area contributed by atoms with Gasteiger partial charge in [-0.2, -0.15) is 0 Å². The monoisotopic (exact) mass is 310 g/mol. The van der Waals surface area contributed by atoms with Crippen molar-refractivity contribution in [2.45, 2.75) is 36.5 Å². The smallest absolute Gasteiger partial charge is 0.308 e. The Morgan fingerprint density at radius 3 is 1.59 bits per heavy atom. The lowest BCUT2D eigenvalue weighted by molar-refractivity contribution is -0.138. The molecule has 114 valence electrons. The summed E-state index contributed by atoms with van der Waals surface area (Å²) in [5.41, 5.74) is 1.88. The van der Waals surface area contributed by atoms with E-state index in [9.17, 15) is 9.90 Å². The number of carboxylic acid groups (broad SMARTS) is 1. The van der Waals surface area contributed by atoms with Crippen LogP contribution >= 0.6 is 0 Å². The summed E-state index contributed by atoms with van der Waals surface area (Å²) in [5, 5.41) is 9.50. The Bertz CT molecular complexity index is 649. The lowest BCUT2D eigenvalue weighted by atomic mass is 9.85. The van der Waals surface area contributed by atoms with E-state index < -0.39 is 19.1 Å². The van der Waals surface area contributed by atoms with Gasteiger partial charge in [0.25, 0.3) is 0 Å². The van der Waals surface area contributed by atoms with Gasteiger partial charge in [-0.3, -0.25) is 4.79 Å². The molecule has 0 saturated heterocycles. The van der Waals surface area contributed by atoms with Crippen LogP contribution in [0, 0.1) is 0 Å². The normalized spacial score (nSPS) is 23.0. The van der Waals surface area contributed by atoms with Crippen LogP contribution in [0.5, 0.6) is 0 Å². The summed E-state index contributed by atoms with van der Waals surface area (Å²) in [6.45, 7) is 6.53. The molecule has 2 aromatic rings. The van der Waals surface area contributed by atoms with E-state index in [2.05, 4.69) is 43.9 Å². The van der Waals surface area contributed by atoms with E-state index >= 15 is 0 Å². The fourth-order valence-corrected chi connectivity index (χ4v) is 7.15. The Morgan fingerprint density at radius 1 is 0.909 bits per heavy atom. The Labute approximate surface area is 132 Å². The van der Waals surface area contributed by atoms with Gasteiger partial charge in [-0.15, -0.1) is 0 Å². The van der Waals surface area contributed by atoms with Gasteiger partial charge < -0.3 is 5.11 Å². The number of hydrogen-bond donors (Lipinski definition) is 1. The summed E-state index contributed by atoms with van der Waals surface area (Å²) in [7, 11) is -1.94. The molecule has 0 aliphatic heterocycles. The van der Waals surface area contributed by atoms with Crippen LogP contribution < -0.4 is 0 Å². The third-order valence-electron chi connectivity index (χ3n) is 5.31. The molecule has 3 rings (SSSR count). The molecule has 0 radical (unpaired) electrons. The largest absolute Gasteiger partial charge is 0.481 e. The zero-order valence-electron chi connectivity index (χ0n) is 13.3. The molecule has 22 heavy (non-hydrogen) atoms. The van der Waals surface area contributed by atoms with Crippen molar-refractivity contribution in [2.24, 2.45) is 0 Å². The van der Waals surface area contributed by atoms with E-state index in [4.69, 9.17) is 0 Å². The van der Waals surface area contributed by atoms with Crippen molar-refractivity contribution in [1.29, 1.82) is 0 Å². The molecule has 2 aromatic carbocycles. The number of rotatable bonds is 4. The number of benzene rings is 2. The second-order valence-corrected chi connectivity index (χ2v) is 12.6. The van der Waals surface area contributed by atoms with Crippen molar-refractivity contribution in [3.8, 4) is 0 Å². The minimum atomic E-state index is -1.94. The molecule has 0 amide bonds. The van der Waals surface area contributed by atoms with Gasteiger partial charge in [0, 0.05) is 5.41 Å². The maximum Gasteiger partial charge on any atom is 0.308 e. The molecule has 1 aliphatic rings. The predicted octanol–water partition coefficient (Wildman–Crippen LogP) is 4.54. The van der Waals surface area contributed by atoms with Crippen molar-refractivity contribution < 1.29 is 9.90 Å². The van der Waals surface area contributed by atoms with Crippen LogP contribution in [0.4, 0.5) is 0 Å². The van der Waals surface area contributed by atoms with Crippen molar-refractivity contribution in [3.05, 3.63) is 71.8 Å². The van der Waals surface area contributed by atoms with E-state index in [0.717, 1.165) is 11.1 Å². The highest BCUT2D eigenvalue weighted by atomic mass is 28.3. The van der Waals surface area contributed by atoms with Gasteiger partial charge in [-0.25, -0.2) is 0 Å². The standard InChI is InChI=1S/C19H22O2Si/c1-22(2,3)19(17(20)21)14-18(19,15-10-6-4-7-11-15)16-12-8-5-9-13-16/h4-13H,14H2,1-3H3,(H,20,21). The van der Waals surface area contributed by atoms with E-state index in [1.807, 2.05) is 36.4 Å². The number of hydrogen-bond acceptors (Lipinski definition) is 1. The maximum atomic E-state index is 12.3. The minimum absolute atomic E-state index is 0.383. The predicted molar refractivity (Wildman–Crippen MR) is 92.0 cm³/mol. The molecule has 0 spiro atoms. The summed E-state index contributed by atoms with van der Waals surface area (Å²) in [4.78, 5) is 12.3. The summed E-state index contributed by atoms with van der Waals surface area (Å²) in [5.74, 6) is -0.639. The molecular formula is C19H22O2Si. The second-order valence-electron chi connectivity index (χ2n) is 7.27. The van der Waals surface area contributed by atoms with E-state index in [-0.39, 0.29) is 5.41 Å². The SMILES string of the molecule is C[Si](C)(C)C1(C(=O)O)CC1(c1ccccc1)c1ccccc1. The fraction of sp³-hybridized carbons (Fsp3) is 0.316. The second kappa shape index (κ2) is 4.82. The van der Waals surface area contributed by atoms with Crippen molar-refractivity contribution in [3.63, 3.8) is 0 Å². The van der Waals surface area contributed by atoms with Gasteiger partial charge in [-0.1, -0.05) is 80.3 Å². The van der Waals surface area contributed by atoms with E-state index in [1.165, 1.54) is 0 Å². The Balaban J connectivity index is 2.27. The van der Waals surface area contributed by atoms with Crippen LogP contribution in [-0.2, 0) is 10.2 Å². The lowest BCUT2D eigenvalue weighted by Crippen LogP contribution is -2.41. The zero-order valence-corrected chi connectivity index (χ0v) is 14.3. The first-order valence-electron chi connectivity index (χ1n) is 7.71. The first-order chi connectivity index (χ1) is 10.4. The van der Waals surface area contributed by atoms with Crippen LogP contribution in [-0.4, -0.2) is 19.1 Å². The highest BCUT2D eigenvalue weighted by Gasteiger charge is 2.78. The summed E-state index contributed by atoms with van der Waals surface area (Å²) >= 11 is 0. The number of aliphatic carboxylic acids is 1. The molecule has 2 nitrogen and oxygen atoms in total. The first-order valence-corrected chi connectivity index (χ1v) is 11.2. The van der Waals surface area contributed by atoms with Crippen LogP contribution in [0.25, 0.3) is 0 Å². The van der Waals surface area contributed by atoms with Gasteiger partial charge in [0.2, 0.25) is 0 Å². The Kier molecular flexibility index (Phi) is 3.29. The molecular weight excluding hydrogens is 288 g/mol. The number of carbonyl (C=O) groups is 1. The molecule has 0 aromatic heterocycles. The van der Waals surface area contributed by atoms with Gasteiger partial charge in [0.05, 0.1) is 13.1 Å². The van der Waals surface area contributed by atoms with Crippen molar-refractivity contribution in [1.82, 2.24) is 0 Å². The molecule has 0 heterocycles. The molecule has 1 aliphatic carbocycles. The first kappa shape index (κ1) is 15.0. The molecule has 3 heteroatoms. The molecule has 1 N–H and O–H groups in total. The Hall–Kier alpha value is -1.87. The van der Waals surface area contributed by atoms with Crippen LogP contribution in [0.2, 0.25) is 24.7 Å². The lowest BCUT2D eigenvalue weighted by Gasteiger charge is -2.32. The van der Waals surface area contributed by atoms with Crippen molar-refractivity contribution >= 4 is 14.0 Å². The van der Waals surface area contributed by atoms with Gasteiger partial charge >= 0.3 is 5.97 Å². The van der Waals surface area contributed by atoms with Gasteiger partial charge in [0.1, 0.15) is 0 Å². The maximum absolute atomic E-state index is 12.3. The molecule has 1 saturated carbocycles. The third-order valence-corrected chi connectivity index (χ3v) is 8.69. The topological polar surface area (TPSA) is 37.3 Å². The van der Waals surface area contributed by atoms with Gasteiger partial charge in [0.15, 0.2) is 0 Å². The highest BCUT2D eigenvalue weighted by molar-refractivity contribution is 6.84. The summed E-state index contributed by atoms with van der Waals surface area (Å²) in [6.07, 6.45) is 0.707. The molecule has 1 fully saturated rings. The average Bonchev–Trinajstić information content (AvgIpc) is 3.22. The van der Waals surface area contributed by atoms with Crippen LogP contribution in [0.3, 0.4) is 0 Å². The molecule has 0 bridgehead atoms. The molecule has 1 unspecified atom stereocenters.